The summed E-state index contributed by atoms with van der Waals surface area (Å²) in [4.78, 5) is 21.6. The molecule has 0 aliphatic heterocycles. The molecule has 5 nitrogen and oxygen atoms in total. The van der Waals surface area contributed by atoms with Gasteiger partial charge < -0.3 is 9.72 Å². The first kappa shape index (κ1) is 20.0. The van der Waals surface area contributed by atoms with E-state index in [2.05, 4.69) is 17.2 Å². The Morgan fingerprint density at radius 1 is 1.07 bits per heavy atom. The van der Waals surface area contributed by atoms with E-state index >= 15 is 0 Å². The zero-order valence-electron chi connectivity index (χ0n) is 16.3. The molecule has 0 unspecified atom stereocenters. The lowest BCUT2D eigenvalue weighted by Crippen LogP contribution is -2.14. The molecule has 0 atom stereocenters. The fourth-order valence-corrected chi connectivity index (χ4v) is 3.53. The number of nitrogens with one attached hydrogen (secondary N) is 1. The van der Waals surface area contributed by atoms with Gasteiger partial charge in [0.2, 0.25) is 0 Å². The molecule has 1 fully saturated rings. The standard InChI is InChI=1S/C23H19FN4O.ClH/c1-14-22(16-2-3-16)27-21-11-9-19(13-28(14)21)26-23(29)20-10-6-17(12-25-20)15-4-7-18(24)8-5-15;/h4-13,16H,2-3H2,1H3,(H,26,29);1H. The molecule has 1 saturated carbocycles. The third kappa shape index (κ3) is 3.78. The van der Waals surface area contributed by atoms with Crippen LogP contribution in [-0.4, -0.2) is 20.3 Å². The SMILES string of the molecule is Cc1c(C2CC2)nc2ccc(NC(=O)c3ccc(-c4ccc(F)cc4)cn3)cn12.Cl. The molecule has 1 amide bonds. The molecule has 1 aliphatic carbocycles. The average molecular weight is 423 g/mol. The number of halogens is 2. The van der Waals surface area contributed by atoms with E-state index < -0.39 is 0 Å². The highest BCUT2D eigenvalue weighted by atomic mass is 35.5. The number of pyridine rings is 2. The van der Waals surface area contributed by atoms with Gasteiger partial charge in [-0.15, -0.1) is 12.4 Å². The van der Waals surface area contributed by atoms with Crippen LogP contribution in [0.4, 0.5) is 10.1 Å². The van der Waals surface area contributed by atoms with Crippen molar-refractivity contribution in [3.63, 3.8) is 0 Å². The maximum absolute atomic E-state index is 13.1. The number of hydrogen-bond donors (Lipinski definition) is 1. The first-order valence-corrected chi connectivity index (χ1v) is 9.60. The van der Waals surface area contributed by atoms with E-state index in [1.807, 2.05) is 22.7 Å². The lowest BCUT2D eigenvalue weighted by atomic mass is 10.1. The van der Waals surface area contributed by atoms with Crippen LogP contribution in [0.3, 0.4) is 0 Å². The van der Waals surface area contributed by atoms with Gasteiger partial charge in [-0.3, -0.25) is 9.78 Å². The molecule has 3 heterocycles. The van der Waals surface area contributed by atoms with Crippen molar-refractivity contribution in [1.29, 1.82) is 0 Å². The Balaban J connectivity index is 0.00000218. The molecule has 152 valence electrons. The number of aryl methyl sites for hydroxylation is 1. The van der Waals surface area contributed by atoms with Crippen LogP contribution in [0.1, 0.15) is 40.6 Å². The maximum Gasteiger partial charge on any atom is 0.274 e. The Morgan fingerprint density at radius 2 is 1.80 bits per heavy atom. The van der Waals surface area contributed by atoms with Crippen molar-refractivity contribution in [2.24, 2.45) is 0 Å². The average Bonchev–Trinajstić information content (AvgIpc) is 3.53. The van der Waals surface area contributed by atoms with Crippen molar-refractivity contribution in [1.82, 2.24) is 14.4 Å². The highest BCUT2D eigenvalue weighted by Crippen LogP contribution is 2.41. The van der Waals surface area contributed by atoms with Gasteiger partial charge in [-0.25, -0.2) is 9.37 Å². The molecule has 1 N–H and O–H groups in total. The van der Waals surface area contributed by atoms with Crippen LogP contribution in [0.15, 0.2) is 60.9 Å². The van der Waals surface area contributed by atoms with E-state index in [0.29, 0.717) is 17.3 Å². The largest absolute Gasteiger partial charge is 0.319 e. The Labute approximate surface area is 179 Å². The van der Waals surface area contributed by atoms with Crippen LogP contribution in [-0.2, 0) is 0 Å². The summed E-state index contributed by atoms with van der Waals surface area (Å²) < 4.78 is 15.1. The summed E-state index contributed by atoms with van der Waals surface area (Å²) in [6.07, 6.45) is 5.92. The van der Waals surface area contributed by atoms with Gasteiger partial charge in [-0.2, -0.15) is 0 Å². The third-order valence-electron chi connectivity index (χ3n) is 5.29. The number of nitrogens with zero attached hydrogens (tertiary/aromatic N) is 3. The van der Waals surface area contributed by atoms with Gasteiger partial charge in [-0.1, -0.05) is 18.2 Å². The minimum absolute atomic E-state index is 0. The summed E-state index contributed by atoms with van der Waals surface area (Å²) in [5.41, 5.74) is 5.85. The van der Waals surface area contributed by atoms with Crippen molar-refractivity contribution in [2.45, 2.75) is 25.7 Å². The molecule has 1 aliphatic rings. The predicted octanol–water partition coefficient (Wildman–Crippen LogP) is 5.40. The fourth-order valence-electron chi connectivity index (χ4n) is 3.53. The lowest BCUT2D eigenvalue weighted by Gasteiger charge is -2.07. The molecule has 3 aromatic heterocycles. The molecule has 0 saturated heterocycles. The minimum Gasteiger partial charge on any atom is -0.319 e. The van der Waals surface area contributed by atoms with E-state index in [1.54, 1.807) is 30.5 Å². The van der Waals surface area contributed by atoms with Crippen molar-refractivity contribution in [3.8, 4) is 11.1 Å². The number of aromatic nitrogens is 3. The van der Waals surface area contributed by atoms with Crippen LogP contribution >= 0.6 is 12.4 Å². The summed E-state index contributed by atoms with van der Waals surface area (Å²) in [7, 11) is 0. The number of rotatable bonds is 4. The molecule has 5 rings (SSSR count). The van der Waals surface area contributed by atoms with Crippen molar-refractivity contribution < 1.29 is 9.18 Å². The van der Waals surface area contributed by atoms with Crippen LogP contribution < -0.4 is 5.32 Å². The highest BCUT2D eigenvalue weighted by molar-refractivity contribution is 6.03. The fraction of sp³-hybridized carbons (Fsp3) is 0.174. The first-order valence-electron chi connectivity index (χ1n) is 9.60. The van der Waals surface area contributed by atoms with Crippen molar-refractivity contribution in [2.75, 3.05) is 5.32 Å². The normalized spacial score (nSPS) is 13.1. The number of carbonyl (C=O) groups excluding carboxylic acids is 1. The smallest absolute Gasteiger partial charge is 0.274 e. The van der Waals surface area contributed by atoms with Crippen LogP contribution in [0.5, 0.6) is 0 Å². The van der Waals surface area contributed by atoms with Gasteiger partial charge in [0.05, 0.1) is 11.4 Å². The Morgan fingerprint density at radius 3 is 2.47 bits per heavy atom. The van der Waals surface area contributed by atoms with Crippen molar-refractivity contribution >= 4 is 29.6 Å². The lowest BCUT2D eigenvalue weighted by molar-refractivity contribution is 0.102. The van der Waals surface area contributed by atoms with E-state index in [4.69, 9.17) is 4.98 Å². The van der Waals surface area contributed by atoms with Crippen molar-refractivity contribution in [3.05, 3.63) is 83.8 Å². The molecular formula is C23H20ClFN4O. The summed E-state index contributed by atoms with van der Waals surface area (Å²) in [5.74, 6) is 0.0130. The zero-order valence-corrected chi connectivity index (χ0v) is 17.1. The highest BCUT2D eigenvalue weighted by Gasteiger charge is 2.28. The second kappa shape index (κ2) is 7.88. The molecule has 4 aromatic rings. The molecule has 7 heteroatoms. The number of benzene rings is 1. The minimum atomic E-state index is -0.285. The molecule has 0 radical (unpaired) electrons. The van der Waals surface area contributed by atoms with E-state index in [1.165, 1.54) is 25.0 Å². The quantitative estimate of drug-likeness (QED) is 0.479. The van der Waals surface area contributed by atoms with E-state index in [9.17, 15) is 9.18 Å². The number of hydrogen-bond acceptors (Lipinski definition) is 3. The Hall–Kier alpha value is -3.25. The number of fused-ring (bicyclic) bond motifs is 1. The Kier molecular flexibility index (Phi) is 5.26. The summed E-state index contributed by atoms with van der Waals surface area (Å²) in [6.45, 7) is 2.06. The number of amides is 1. The van der Waals surface area contributed by atoms with E-state index in [-0.39, 0.29) is 24.1 Å². The topological polar surface area (TPSA) is 59.3 Å². The summed E-state index contributed by atoms with van der Waals surface area (Å²) >= 11 is 0. The van der Waals surface area contributed by atoms with Gasteiger partial charge >= 0.3 is 0 Å². The molecule has 30 heavy (non-hydrogen) atoms. The predicted molar refractivity (Wildman–Crippen MR) is 117 cm³/mol. The van der Waals surface area contributed by atoms with Gasteiger partial charge in [0, 0.05) is 29.6 Å². The number of imidazole rings is 1. The molecule has 0 spiro atoms. The maximum atomic E-state index is 13.1. The Bertz CT molecular complexity index is 1210. The molecule has 0 bridgehead atoms. The molecular weight excluding hydrogens is 403 g/mol. The third-order valence-corrected chi connectivity index (χ3v) is 5.29. The van der Waals surface area contributed by atoms with E-state index in [0.717, 1.165) is 28.2 Å². The van der Waals surface area contributed by atoms with Gasteiger partial charge in [0.1, 0.15) is 17.2 Å². The monoisotopic (exact) mass is 422 g/mol. The molecule has 1 aromatic carbocycles. The zero-order chi connectivity index (χ0) is 20.0. The summed E-state index contributed by atoms with van der Waals surface area (Å²) in [5, 5.41) is 2.90. The second-order valence-electron chi connectivity index (χ2n) is 7.40. The summed E-state index contributed by atoms with van der Waals surface area (Å²) in [6, 6.07) is 13.4. The van der Waals surface area contributed by atoms with Gasteiger partial charge in [0.25, 0.3) is 5.91 Å². The second-order valence-corrected chi connectivity index (χ2v) is 7.40. The van der Waals surface area contributed by atoms with Crippen LogP contribution in [0.2, 0.25) is 0 Å². The first-order chi connectivity index (χ1) is 14.1. The number of carbonyl (C=O) groups is 1. The van der Waals surface area contributed by atoms with Gasteiger partial charge in [-0.05, 0) is 55.7 Å². The number of anilines is 1. The van der Waals surface area contributed by atoms with Gasteiger partial charge in [0.15, 0.2) is 0 Å². The van der Waals surface area contributed by atoms with Crippen LogP contribution in [0.25, 0.3) is 16.8 Å². The van der Waals surface area contributed by atoms with Crippen LogP contribution in [0, 0.1) is 12.7 Å².